The van der Waals surface area contributed by atoms with Crippen molar-refractivity contribution in [2.75, 3.05) is 6.54 Å². The summed E-state index contributed by atoms with van der Waals surface area (Å²) in [7, 11) is 0. The number of nitrogens with two attached hydrogens (primary N) is 1. The average molecular weight is 269 g/mol. The summed E-state index contributed by atoms with van der Waals surface area (Å²) >= 11 is 6.06. The topological polar surface area (TPSA) is 64.3 Å². The predicted octanol–water partition coefficient (Wildman–Crippen LogP) is 1.85. The SMILES string of the molecule is NCc1c(Cl)cccc1OC1CCCCNC1=O. The molecule has 0 saturated carbocycles. The molecule has 3 N–H and O–H groups in total. The van der Waals surface area contributed by atoms with Gasteiger partial charge in [-0.3, -0.25) is 4.79 Å². The Hall–Kier alpha value is -1.26. The minimum absolute atomic E-state index is 0.0598. The van der Waals surface area contributed by atoms with Crippen LogP contribution in [-0.2, 0) is 11.3 Å². The van der Waals surface area contributed by atoms with E-state index in [1.165, 1.54) is 0 Å². The molecule has 4 nitrogen and oxygen atoms in total. The first-order valence-electron chi connectivity index (χ1n) is 6.14. The Morgan fingerprint density at radius 3 is 3.06 bits per heavy atom. The van der Waals surface area contributed by atoms with Crippen molar-refractivity contribution in [3.8, 4) is 5.75 Å². The van der Waals surface area contributed by atoms with Gasteiger partial charge >= 0.3 is 0 Å². The van der Waals surface area contributed by atoms with Crippen LogP contribution in [-0.4, -0.2) is 18.6 Å². The van der Waals surface area contributed by atoms with Gasteiger partial charge in [0.1, 0.15) is 5.75 Å². The van der Waals surface area contributed by atoms with Crippen molar-refractivity contribution in [3.05, 3.63) is 28.8 Å². The lowest BCUT2D eigenvalue weighted by molar-refractivity contribution is -0.127. The van der Waals surface area contributed by atoms with Gasteiger partial charge in [0.15, 0.2) is 6.10 Å². The van der Waals surface area contributed by atoms with Crippen LogP contribution in [0.25, 0.3) is 0 Å². The summed E-state index contributed by atoms with van der Waals surface area (Å²) < 4.78 is 5.77. The zero-order chi connectivity index (χ0) is 13.0. The number of hydrogen-bond acceptors (Lipinski definition) is 3. The predicted molar refractivity (Wildman–Crippen MR) is 70.6 cm³/mol. The summed E-state index contributed by atoms with van der Waals surface area (Å²) in [5, 5.41) is 3.41. The highest BCUT2D eigenvalue weighted by Gasteiger charge is 2.23. The Morgan fingerprint density at radius 1 is 1.44 bits per heavy atom. The van der Waals surface area contributed by atoms with Crippen LogP contribution in [0.15, 0.2) is 18.2 Å². The summed E-state index contributed by atoms with van der Waals surface area (Å²) in [4.78, 5) is 11.8. The third-order valence-corrected chi connectivity index (χ3v) is 3.39. The van der Waals surface area contributed by atoms with Gasteiger partial charge in [-0.25, -0.2) is 0 Å². The van der Waals surface area contributed by atoms with Gasteiger partial charge in [-0.1, -0.05) is 17.7 Å². The number of rotatable bonds is 3. The molecular formula is C13H17ClN2O2. The Balaban J connectivity index is 2.17. The van der Waals surface area contributed by atoms with Crippen LogP contribution in [0.2, 0.25) is 5.02 Å². The van der Waals surface area contributed by atoms with E-state index in [-0.39, 0.29) is 5.91 Å². The number of ether oxygens (including phenoxy) is 1. The summed E-state index contributed by atoms with van der Waals surface area (Å²) in [6.45, 7) is 1.02. The normalized spacial score (nSPS) is 20.1. The monoisotopic (exact) mass is 268 g/mol. The van der Waals surface area contributed by atoms with Gasteiger partial charge in [-0.2, -0.15) is 0 Å². The fourth-order valence-corrected chi connectivity index (χ4v) is 2.27. The molecule has 0 bridgehead atoms. The van der Waals surface area contributed by atoms with E-state index in [0.717, 1.165) is 31.4 Å². The first kappa shape index (κ1) is 13.2. The van der Waals surface area contributed by atoms with Crippen molar-refractivity contribution in [2.24, 2.45) is 5.73 Å². The molecule has 1 heterocycles. The van der Waals surface area contributed by atoms with Crippen LogP contribution in [0.4, 0.5) is 0 Å². The van der Waals surface area contributed by atoms with Gasteiger partial charge in [-0.05, 0) is 31.4 Å². The summed E-state index contributed by atoms with van der Waals surface area (Å²) in [5.41, 5.74) is 6.40. The van der Waals surface area contributed by atoms with Crippen LogP contribution in [0.5, 0.6) is 5.75 Å². The molecule has 1 amide bonds. The molecule has 0 spiro atoms. The van der Waals surface area contributed by atoms with Crippen molar-refractivity contribution >= 4 is 17.5 Å². The molecule has 0 aromatic heterocycles. The van der Waals surface area contributed by atoms with Gasteiger partial charge in [-0.15, -0.1) is 0 Å². The lowest BCUT2D eigenvalue weighted by atomic mass is 10.1. The fraction of sp³-hybridized carbons (Fsp3) is 0.462. The van der Waals surface area contributed by atoms with Crippen molar-refractivity contribution in [1.29, 1.82) is 0 Å². The van der Waals surface area contributed by atoms with Crippen LogP contribution >= 0.6 is 11.6 Å². The number of hydrogen-bond donors (Lipinski definition) is 2. The van der Waals surface area contributed by atoms with Crippen molar-refractivity contribution < 1.29 is 9.53 Å². The number of benzene rings is 1. The lowest BCUT2D eigenvalue weighted by Crippen LogP contribution is -2.36. The number of halogens is 1. The minimum Gasteiger partial charge on any atom is -0.480 e. The maximum absolute atomic E-state index is 11.8. The summed E-state index contributed by atoms with van der Waals surface area (Å²) in [6, 6.07) is 5.36. The Morgan fingerprint density at radius 2 is 2.28 bits per heavy atom. The van der Waals surface area contributed by atoms with E-state index in [2.05, 4.69) is 5.32 Å². The number of carbonyl (C=O) groups is 1. The molecule has 2 rings (SSSR count). The average Bonchev–Trinajstić information content (AvgIpc) is 2.55. The van der Waals surface area contributed by atoms with E-state index in [4.69, 9.17) is 22.1 Å². The van der Waals surface area contributed by atoms with E-state index in [1.54, 1.807) is 18.2 Å². The highest BCUT2D eigenvalue weighted by molar-refractivity contribution is 6.31. The Labute approximate surface area is 111 Å². The number of carbonyl (C=O) groups excluding carboxylic acids is 1. The van der Waals surface area contributed by atoms with Gasteiger partial charge < -0.3 is 15.8 Å². The zero-order valence-corrected chi connectivity index (χ0v) is 10.9. The second-order valence-corrected chi connectivity index (χ2v) is 4.72. The van der Waals surface area contributed by atoms with E-state index in [0.29, 0.717) is 17.3 Å². The summed E-state index contributed by atoms with van der Waals surface area (Å²) in [6.07, 6.45) is 2.24. The highest BCUT2D eigenvalue weighted by Crippen LogP contribution is 2.27. The third kappa shape index (κ3) is 2.94. The fourth-order valence-electron chi connectivity index (χ4n) is 2.02. The zero-order valence-electron chi connectivity index (χ0n) is 10.1. The van der Waals surface area contributed by atoms with Crippen LogP contribution in [0.1, 0.15) is 24.8 Å². The molecule has 1 aromatic carbocycles. The van der Waals surface area contributed by atoms with Crippen molar-refractivity contribution in [2.45, 2.75) is 31.9 Å². The molecule has 18 heavy (non-hydrogen) atoms. The van der Waals surface area contributed by atoms with Gasteiger partial charge in [0.2, 0.25) is 0 Å². The molecule has 1 unspecified atom stereocenters. The van der Waals surface area contributed by atoms with Crippen LogP contribution < -0.4 is 15.8 Å². The molecule has 1 aliphatic rings. The molecule has 1 fully saturated rings. The third-order valence-electron chi connectivity index (χ3n) is 3.03. The summed E-state index contributed by atoms with van der Waals surface area (Å²) in [5.74, 6) is 0.544. The van der Waals surface area contributed by atoms with E-state index in [1.807, 2.05) is 0 Å². The van der Waals surface area contributed by atoms with Crippen molar-refractivity contribution in [3.63, 3.8) is 0 Å². The van der Waals surface area contributed by atoms with Gasteiger partial charge in [0, 0.05) is 23.7 Å². The lowest BCUT2D eigenvalue weighted by Gasteiger charge is -2.18. The quantitative estimate of drug-likeness (QED) is 0.879. The smallest absolute Gasteiger partial charge is 0.261 e. The van der Waals surface area contributed by atoms with Crippen LogP contribution in [0, 0.1) is 0 Å². The molecular weight excluding hydrogens is 252 g/mol. The molecule has 5 heteroatoms. The van der Waals surface area contributed by atoms with E-state index < -0.39 is 6.10 Å². The Kier molecular flexibility index (Phi) is 4.44. The number of nitrogens with one attached hydrogen (secondary N) is 1. The maximum Gasteiger partial charge on any atom is 0.261 e. The van der Waals surface area contributed by atoms with Gasteiger partial charge in [0.25, 0.3) is 5.91 Å². The van der Waals surface area contributed by atoms with Crippen LogP contribution in [0.3, 0.4) is 0 Å². The van der Waals surface area contributed by atoms with Crippen molar-refractivity contribution in [1.82, 2.24) is 5.32 Å². The molecule has 98 valence electrons. The molecule has 0 radical (unpaired) electrons. The second kappa shape index (κ2) is 6.07. The molecule has 1 aliphatic heterocycles. The van der Waals surface area contributed by atoms with E-state index in [9.17, 15) is 4.79 Å². The second-order valence-electron chi connectivity index (χ2n) is 4.31. The largest absolute Gasteiger partial charge is 0.480 e. The minimum atomic E-state index is -0.448. The standard InChI is InChI=1S/C13H17ClN2O2/c14-10-4-3-6-11(9(10)8-15)18-12-5-1-2-7-16-13(12)17/h3-4,6,12H,1-2,5,7-8,15H2,(H,16,17). The molecule has 1 aromatic rings. The number of amides is 1. The highest BCUT2D eigenvalue weighted by atomic mass is 35.5. The van der Waals surface area contributed by atoms with E-state index >= 15 is 0 Å². The maximum atomic E-state index is 11.8. The first-order chi connectivity index (χ1) is 8.72. The Bertz CT molecular complexity index is 437. The first-order valence-corrected chi connectivity index (χ1v) is 6.52. The van der Waals surface area contributed by atoms with Gasteiger partial charge in [0.05, 0.1) is 0 Å². The molecule has 1 saturated heterocycles. The molecule has 1 atom stereocenters. The molecule has 0 aliphatic carbocycles.